The van der Waals surface area contributed by atoms with E-state index in [1.807, 2.05) is 40.7 Å². The van der Waals surface area contributed by atoms with Crippen LogP contribution in [-0.4, -0.2) is 57.8 Å². The molecule has 224 valence electrons. The second kappa shape index (κ2) is 13.6. The molecule has 0 aromatic heterocycles. The minimum atomic E-state index is -1.18. The normalized spacial score (nSPS) is 17.9. The van der Waals surface area contributed by atoms with Gasteiger partial charge in [-0.15, -0.1) is 0 Å². The quantitative estimate of drug-likeness (QED) is 0.375. The number of esters is 1. The predicted molar refractivity (Wildman–Crippen MR) is 158 cm³/mol. The number of para-hydroxylation sites is 1. The van der Waals surface area contributed by atoms with E-state index < -0.39 is 30.1 Å². The Balaban J connectivity index is 2.12. The summed E-state index contributed by atoms with van der Waals surface area (Å²) in [5, 5.41) is 3.21. The van der Waals surface area contributed by atoms with Crippen molar-refractivity contribution in [1.82, 2.24) is 5.32 Å². The molecule has 2 amide bonds. The van der Waals surface area contributed by atoms with Gasteiger partial charge in [-0.3, -0.25) is 9.59 Å². The summed E-state index contributed by atoms with van der Waals surface area (Å²) in [6.45, 7) is 10.3. The predicted octanol–water partition coefficient (Wildman–Crippen LogP) is 5.32. The second-order valence-electron chi connectivity index (χ2n) is 11.8. The fourth-order valence-electron chi connectivity index (χ4n) is 4.95. The highest BCUT2D eigenvalue weighted by molar-refractivity contribution is 6.30. The topological polar surface area (TPSA) is 103 Å². The molecule has 0 unspecified atom stereocenters. The van der Waals surface area contributed by atoms with E-state index in [2.05, 4.69) is 5.32 Å². The van der Waals surface area contributed by atoms with Gasteiger partial charge in [0.05, 0.1) is 27.8 Å². The number of rotatable bonds is 10. The van der Waals surface area contributed by atoms with E-state index >= 15 is 0 Å². The van der Waals surface area contributed by atoms with Crippen molar-refractivity contribution in [3.63, 3.8) is 0 Å². The van der Waals surface area contributed by atoms with Crippen molar-refractivity contribution in [1.29, 1.82) is 0 Å². The van der Waals surface area contributed by atoms with Crippen LogP contribution in [0.1, 0.15) is 64.7 Å². The molecular weight excluding hydrogens is 548 g/mol. The lowest BCUT2D eigenvalue weighted by Gasteiger charge is -2.31. The molecule has 1 N–H and O–H groups in total. The van der Waals surface area contributed by atoms with Gasteiger partial charge in [0.25, 0.3) is 5.91 Å². The highest BCUT2D eigenvalue weighted by Crippen LogP contribution is 2.45. The number of methoxy groups -OCH3 is 3. The number of benzene rings is 2. The van der Waals surface area contributed by atoms with E-state index in [9.17, 15) is 14.4 Å². The van der Waals surface area contributed by atoms with Crippen LogP contribution >= 0.6 is 11.6 Å². The minimum Gasteiger partial charge on any atom is -0.493 e. The first-order valence-corrected chi connectivity index (χ1v) is 14.0. The Labute approximate surface area is 247 Å². The molecule has 9 nitrogen and oxygen atoms in total. The molecule has 1 aliphatic rings. The van der Waals surface area contributed by atoms with Gasteiger partial charge in [-0.05, 0) is 42.0 Å². The van der Waals surface area contributed by atoms with Crippen LogP contribution in [0, 0.1) is 11.3 Å². The van der Waals surface area contributed by atoms with Crippen LogP contribution in [0.25, 0.3) is 0 Å². The molecule has 3 atom stereocenters. The van der Waals surface area contributed by atoms with E-state index in [4.69, 9.17) is 30.5 Å². The first-order valence-electron chi connectivity index (χ1n) is 13.6. The summed E-state index contributed by atoms with van der Waals surface area (Å²) < 4.78 is 22.7. The maximum absolute atomic E-state index is 14.2. The molecule has 0 fully saturated rings. The van der Waals surface area contributed by atoms with Crippen LogP contribution in [0.4, 0.5) is 5.69 Å². The zero-order valence-corrected chi connectivity index (χ0v) is 25.8. The largest absolute Gasteiger partial charge is 0.493 e. The van der Waals surface area contributed by atoms with Crippen LogP contribution < -0.4 is 19.7 Å². The van der Waals surface area contributed by atoms with Crippen LogP contribution in [-0.2, 0) is 23.9 Å². The average molecular weight is 589 g/mol. The van der Waals surface area contributed by atoms with Gasteiger partial charge < -0.3 is 29.2 Å². The number of fused-ring (bicyclic) bond motifs is 1. The summed E-state index contributed by atoms with van der Waals surface area (Å²) in [5.74, 6) is -0.370. The number of hydrogen-bond acceptors (Lipinski definition) is 7. The Morgan fingerprint density at radius 1 is 1.07 bits per heavy atom. The Kier molecular flexibility index (Phi) is 10.7. The molecule has 0 spiro atoms. The third kappa shape index (κ3) is 7.92. The third-order valence-corrected chi connectivity index (χ3v) is 6.89. The Bertz CT molecular complexity index is 1260. The lowest BCUT2D eigenvalue weighted by molar-refractivity contribution is -0.146. The lowest BCUT2D eigenvalue weighted by atomic mass is 9.94. The average Bonchev–Trinajstić information content (AvgIpc) is 3.00. The van der Waals surface area contributed by atoms with Gasteiger partial charge in [0.15, 0.2) is 11.5 Å². The fraction of sp³-hybridized carbons (Fsp3) is 0.516. The van der Waals surface area contributed by atoms with Gasteiger partial charge >= 0.3 is 5.97 Å². The molecule has 0 bridgehead atoms. The van der Waals surface area contributed by atoms with Crippen molar-refractivity contribution < 1.29 is 33.3 Å². The molecule has 0 saturated carbocycles. The molecule has 3 rings (SSSR count). The number of carbonyl (C=O) groups is 3. The highest BCUT2D eigenvalue weighted by Gasteiger charge is 2.40. The molecule has 0 saturated heterocycles. The maximum atomic E-state index is 14.2. The van der Waals surface area contributed by atoms with E-state index in [0.29, 0.717) is 46.3 Å². The Morgan fingerprint density at radius 2 is 1.78 bits per heavy atom. The number of amides is 2. The maximum Gasteiger partial charge on any atom is 0.328 e. The highest BCUT2D eigenvalue weighted by atomic mass is 35.5. The fourth-order valence-corrected chi connectivity index (χ4v) is 5.13. The Hall–Kier alpha value is -3.30. The summed E-state index contributed by atoms with van der Waals surface area (Å²) in [6, 6.07) is 9.84. The SMILES string of the molecule is COC(=O)[C@@H](CC(C)C)NC(=O)C[C@H]1O[C@@H](c2cccc(OC)c2OC)c2cc(Cl)ccc2N(CC(C)(C)C)C1=O. The molecule has 2 aromatic carbocycles. The van der Waals surface area contributed by atoms with Crippen LogP contribution in [0.15, 0.2) is 36.4 Å². The zero-order chi connectivity index (χ0) is 30.5. The van der Waals surface area contributed by atoms with Gasteiger partial charge in [-0.25, -0.2) is 4.79 Å². The number of ether oxygens (including phenoxy) is 4. The molecule has 0 radical (unpaired) electrons. The van der Waals surface area contributed by atoms with Crippen LogP contribution in [0.2, 0.25) is 5.02 Å². The first-order chi connectivity index (χ1) is 19.3. The van der Waals surface area contributed by atoms with Gasteiger partial charge in [-0.2, -0.15) is 0 Å². The van der Waals surface area contributed by atoms with E-state index in [1.54, 1.807) is 35.2 Å². The van der Waals surface area contributed by atoms with E-state index in [0.717, 1.165) is 0 Å². The van der Waals surface area contributed by atoms with Crippen molar-refractivity contribution in [3.8, 4) is 11.5 Å². The molecule has 41 heavy (non-hydrogen) atoms. The number of nitrogens with zero attached hydrogens (tertiary/aromatic N) is 1. The van der Waals surface area contributed by atoms with Gasteiger partial charge in [-0.1, -0.05) is 58.4 Å². The number of carbonyl (C=O) groups excluding carboxylic acids is 3. The third-order valence-electron chi connectivity index (χ3n) is 6.65. The van der Waals surface area contributed by atoms with Crippen molar-refractivity contribution in [3.05, 3.63) is 52.5 Å². The summed E-state index contributed by atoms with van der Waals surface area (Å²) in [7, 11) is 4.34. The van der Waals surface area contributed by atoms with Crippen LogP contribution in [0.3, 0.4) is 0 Å². The van der Waals surface area contributed by atoms with Crippen LogP contribution in [0.5, 0.6) is 11.5 Å². The molecule has 1 heterocycles. The van der Waals surface area contributed by atoms with Crippen molar-refractivity contribution in [2.45, 2.75) is 65.7 Å². The summed E-state index contributed by atoms with van der Waals surface area (Å²) in [6.07, 6.45) is -1.92. The smallest absolute Gasteiger partial charge is 0.328 e. The molecule has 2 aromatic rings. The molecule has 0 aliphatic carbocycles. The summed E-state index contributed by atoms with van der Waals surface area (Å²) in [5.41, 5.74) is 1.61. The van der Waals surface area contributed by atoms with Gasteiger partial charge in [0.1, 0.15) is 18.2 Å². The van der Waals surface area contributed by atoms with Gasteiger partial charge in [0, 0.05) is 28.4 Å². The molecule has 10 heteroatoms. The summed E-state index contributed by atoms with van der Waals surface area (Å²) in [4.78, 5) is 41.5. The molecule has 1 aliphatic heterocycles. The minimum absolute atomic E-state index is 0.126. The van der Waals surface area contributed by atoms with Crippen molar-refractivity contribution in [2.24, 2.45) is 11.3 Å². The Morgan fingerprint density at radius 3 is 2.37 bits per heavy atom. The monoisotopic (exact) mass is 588 g/mol. The number of halogens is 1. The number of anilines is 1. The second-order valence-corrected chi connectivity index (χ2v) is 12.2. The number of hydrogen-bond donors (Lipinski definition) is 1. The van der Waals surface area contributed by atoms with E-state index in [-0.39, 0.29) is 23.7 Å². The number of nitrogens with one attached hydrogen (secondary N) is 1. The lowest BCUT2D eigenvalue weighted by Crippen LogP contribution is -2.47. The molecular formula is C31H41ClN2O7. The van der Waals surface area contributed by atoms with E-state index in [1.165, 1.54) is 21.3 Å². The summed E-state index contributed by atoms with van der Waals surface area (Å²) >= 11 is 6.47. The van der Waals surface area contributed by atoms with Crippen molar-refractivity contribution in [2.75, 3.05) is 32.8 Å². The van der Waals surface area contributed by atoms with Crippen molar-refractivity contribution >= 4 is 35.1 Å². The van der Waals surface area contributed by atoms with Gasteiger partial charge in [0.2, 0.25) is 5.91 Å². The zero-order valence-electron chi connectivity index (χ0n) is 25.1. The first kappa shape index (κ1) is 32.2. The standard InChI is InChI=1S/C31H41ClN2O7/c1-18(2)14-22(30(37)40-8)33-26(35)16-25-29(36)34(17-31(3,4)5)23-13-12-19(32)15-21(23)27(41-25)20-10-9-11-24(38-6)28(20)39-7/h9-13,15,18,22,25,27H,14,16-17H2,1-8H3,(H,33,35)/t22-,25-,27+/m1/s1.